The molecule has 0 unspecified atom stereocenters. The number of benzene rings is 1. The molecule has 0 aromatic heterocycles. The molecule has 0 saturated heterocycles. The third kappa shape index (κ3) is 10.0. The number of hydrogen-bond donors (Lipinski definition) is 3. The van der Waals surface area contributed by atoms with Gasteiger partial charge in [-0.2, -0.15) is 0 Å². The van der Waals surface area contributed by atoms with E-state index < -0.39 is 0 Å². The highest BCUT2D eigenvalue weighted by molar-refractivity contribution is 5.94. The number of ether oxygens (including phenoxy) is 1. The second-order valence-corrected chi connectivity index (χ2v) is 6.13. The van der Waals surface area contributed by atoms with E-state index in [2.05, 4.69) is 27.9 Å². The van der Waals surface area contributed by atoms with Crippen LogP contribution in [-0.2, 0) is 4.74 Å². The Hall–Kier alpha value is -2.08. The number of hydrogen-bond acceptors (Lipinski definition) is 3. The quantitative estimate of drug-likeness (QED) is 0.303. The van der Waals surface area contributed by atoms with Crippen LogP contribution in [0.2, 0.25) is 0 Å². The van der Waals surface area contributed by atoms with Crippen LogP contribution in [0.1, 0.15) is 49.0 Å². The van der Waals surface area contributed by atoms with Crippen molar-refractivity contribution >= 4 is 11.9 Å². The number of carbonyl (C=O) groups is 1. The fourth-order valence-corrected chi connectivity index (χ4v) is 2.29. The van der Waals surface area contributed by atoms with Gasteiger partial charge in [0.05, 0.1) is 0 Å². The lowest BCUT2D eigenvalue weighted by molar-refractivity contribution is 0.0954. The van der Waals surface area contributed by atoms with Gasteiger partial charge in [0.15, 0.2) is 5.96 Å². The lowest BCUT2D eigenvalue weighted by Gasteiger charge is -2.12. The number of nitrogens with zero attached hydrogens (tertiary/aromatic N) is 1. The van der Waals surface area contributed by atoms with Gasteiger partial charge in [-0.05, 0) is 38.8 Å². The number of guanidine groups is 1. The van der Waals surface area contributed by atoms with E-state index in [1.54, 1.807) is 0 Å². The standard InChI is InChI=1S/C20H34N4O2/c1-4-6-14-26-15-8-11-23-20(21-5-2)24-13-12-22-19(25)18-10-7-9-17(3)16-18/h7,9-10,16H,4-6,8,11-15H2,1-3H3,(H,22,25)(H2,21,23,24). The molecule has 26 heavy (non-hydrogen) atoms. The number of aliphatic imine (C=N–C) groups is 1. The number of nitrogens with one attached hydrogen (secondary N) is 3. The summed E-state index contributed by atoms with van der Waals surface area (Å²) < 4.78 is 5.53. The summed E-state index contributed by atoms with van der Waals surface area (Å²) in [5.41, 5.74) is 1.77. The van der Waals surface area contributed by atoms with Crippen molar-refractivity contribution in [1.29, 1.82) is 0 Å². The molecule has 0 bridgehead atoms. The Bertz CT molecular complexity index is 546. The minimum absolute atomic E-state index is 0.0540. The van der Waals surface area contributed by atoms with Crippen LogP contribution >= 0.6 is 0 Å². The summed E-state index contributed by atoms with van der Waals surface area (Å²) in [6.07, 6.45) is 3.18. The molecule has 1 aromatic rings. The summed E-state index contributed by atoms with van der Waals surface area (Å²) in [6.45, 7) is 10.4. The predicted octanol–water partition coefficient (Wildman–Crippen LogP) is 2.49. The molecule has 1 amide bonds. The molecule has 0 saturated carbocycles. The van der Waals surface area contributed by atoms with Gasteiger partial charge in [-0.15, -0.1) is 0 Å². The van der Waals surface area contributed by atoms with Gasteiger partial charge in [0.1, 0.15) is 0 Å². The highest BCUT2D eigenvalue weighted by Crippen LogP contribution is 2.03. The maximum Gasteiger partial charge on any atom is 0.251 e. The summed E-state index contributed by atoms with van der Waals surface area (Å²) in [5.74, 6) is 0.715. The number of unbranched alkanes of at least 4 members (excludes halogenated alkanes) is 1. The van der Waals surface area contributed by atoms with E-state index >= 15 is 0 Å². The van der Waals surface area contributed by atoms with Crippen molar-refractivity contribution in [2.24, 2.45) is 4.99 Å². The monoisotopic (exact) mass is 362 g/mol. The molecule has 0 aliphatic heterocycles. The summed E-state index contributed by atoms with van der Waals surface area (Å²) >= 11 is 0. The Labute approximate surface area is 157 Å². The first kappa shape index (κ1) is 22.0. The maximum atomic E-state index is 12.1. The van der Waals surface area contributed by atoms with Crippen LogP contribution in [0.4, 0.5) is 0 Å². The Balaban J connectivity index is 2.23. The minimum Gasteiger partial charge on any atom is -0.381 e. The van der Waals surface area contributed by atoms with Crippen molar-refractivity contribution in [3.63, 3.8) is 0 Å². The van der Waals surface area contributed by atoms with Crippen molar-refractivity contribution in [2.75, 3.05) is 39.4 Å². The molecule has 0 aliphatic carbocycles. The fraction of sp³-hybridized carbons (Fsp3) is 0.600. The SMILES string of the molecule is CCCCOCCCN=C(NCC)NCCNC(=O)c1cccc(C)c1. The van der Waals surface area contributed by atoms with Gasteiger partial charge in [-0.3, -0.25) is 9.79 Å². The summed E-state index contributed by atoms with van der Waals surface area (Å²) in [5, 5.41) is 9.36. The van der Waals surface area contributed by atoms with Crippen molar-refractivity contribution in [3.8, 4) is 0 Å². The zero-order valence-electron chi connectivity index (χ0n) is 16.4. The lowest BCUT2D eigenvalue weighted by Crippen LogP contribution is -2.41. The van der Waals surface area contributed by atoms with Crippen LogP contribution in [-0.4, -0.2) is 51.3 Å². The van der Waals surface area contributed by atoms with Crippen LogP contribution in [0.5, 0.6) is 0 Å². The average Bonchev–Trinajstić information content (AvgIpc) is 2.64. The second-order valence-electron chi connectivity index (χ2n) is 6.13. The fourth-order valence-electron chi connectivity index (χ4n) is 2.29. The molecule has 6 nitrogen and oxygen atoms in total. The highest BCUT2D eigenvalue weighted by Gasteiger charge is 2.04. The Kier molecular flexibility index (Phi) is 11.9. The first-order chi connectivity index (χ1) is 12.7. The van der Waals surface area contributed by atoms with Crippen molar-refractivity contribution in [3.05, 3.63) is 35.4 Å². The molecule has 0 heterocycles. The molecule has 0 fully saturated rings. The molecular weight excluding hydrogens is 328 g/mol. The average molecular weight is 363 g/mol. The van der Waals surface area contributed by atoms with Crippen LogP contribution in [0.15, 0.2) is 29.3 Å². The zero-order chi connectivity index (χ0) is 19.0. The van der Waals surface area contributed by atoms with Crippen LogP contribution in [0.25, 0.3) is 0 Å². The molecule has 1 rings (SSSR count). The molecule has 0 aliphatic rings. The Morgan fingerprint density at radius 3 is 2.58 bits per heavy atom. The van der Waals surface area contributed by atoms with Gasteiger partial charge in [-0.1, -0.05) is 31.0 Å². The van der Waals surface area contributed by atoms with E-state index in [1.807, 2.05) is 38.1 Å². The molecule has 3 N–H and O–H groups in total. The van der Waals surface area contributed by atoms with Crippen LogP contribution < -0.4 is 16.0 Å². The van der Waals surface area contributed by atoms with Crippen molar-refractivity contribution < 1.29 is 9.53 Å². The maximum absolute atomic E-state index is 12.1. The molecule has 146 valence electrons. The zero-order valence-corrected chi connectivity index (χ0v) is 16.4. The third-order valence-corrected chi connectivity index (χ3v) is 3.69. The Morgan fingerprint density at radius 1 is 1.08 bits per heavy atom. The first-order valence-corrected chi connectivity index (χ1v) is 9.62. The van der Waals surface area contributed by atoms with Crippen molar-refractivity contribution in [1.82, 2.24) is 16.0 Å². The van der Waals surface area contributed by atoms with Crippen molar-refractivity contribution in [2.45, 2.75) is 40.0 Å². The minimum atomic E-state index is -0.0540. The lowest BCUT2D eigenvalue weighted by atomic mass is 10.1. The topological polar surface area (TPSA) is 74.8 Å². The number of rotatable bonds is 12. The molecule has 0 atom stereocenters. The van der Waals surface area contributed by atoms with Gasteiger partial charge in [0.2, 0.25) is 0 Å². The number of carbonyl (C=O) groups excluding carboxylic acids is 1. The molecule has 0 radical (unpaired) electrons. The predicted molar refractivity (Wildman–Crippen MR) is 108 cm³/mol. The van der Waals surface area contributed by atoms with Gasteiger partial charge in [-0.25, -0.2) is 0 Å². The molecule has 0 spiro atoms. The van der Waals surface area contributed by atoms with E-state index in [9.17, 15) is 4.79 Å². The summed E-state index contributed by atoms with van der Waals surface area (Å²) in [7, 11) is 0. The normalized spacial score (nSPS) is 11.3. The molecule has 1 aromatic carbocycles. The smallest absolute Gasteiger partial charge is 0.251 e. The summed E-state index contributed by atoms with van der Waals surface area (Å²) in [6, 6.07) is 7.58. The van der Waals surface area contributed by atoms with E-state index in [1.165, 1.54) is 0 Å². The van der Waals surface area contributed by atoms with Gasteiger partial charge in [0, 0.05) is 45.0 Å². The second kappa shape index (κ2) is 14.1. The summed E-state index contributed by atoms with van der Waals surface area (Å²) in [4.78, 5) is 16.6. The number of aryl methyl sites for hydroxylation is 1. The highest BCUT2D eigenvalue weighted by atomic mass is 16.5. The first-order valence-electron chi connectivity index (χ1n) is 9.62. The van der Waals surface area contributed by atoms with Gasteiger partial charge < -0.3 is 20.7 Å². The number of amides is 1. The molecule has 6 heteroatoms. The van der Waals surface area contributed by atoms with Gasteiger partial charge >= 0.3 is 0 Å². The van der Waals surface area contributed by atoms with Crippen LogP contribution in [0, 0.1) is 6.92 Å². The van der Waals surface area contributed by atoms with E-state index in [0.717, 1.165) is 57.1 Å². The van der Waals surface area contributed by atoms with Crippen LogP contribution in [0.3, 0.4) is 0 Å². The van der Waals surface area contributed by atoms with E-state index in [-0.39, 0.29) is 5.91 Å². The van der Waals surface area contributed by atoms with Gasteiger partial charge in [0.25, 0.3) is 5.91 Å². The van der Waals surface area contributed by atoms with E-state index in [4.69, 9.17) is 4.74 Å². The van der Waals surface area contributed by atoms with E-state index in [0.29, 0.717) is 18.7 Å². The molecular formula is C20H34N4O2. The Morgan fingerprint density at radius 2 is 1.85 bits per heavy atom. The largest absolute Gasteiger partial charge is 0.381 e. The third-order valence-electron chi connectivity index (χ3n) is 3.69.